The van der Waals surface area contributed by atoms with Crippen LogP contribution in [0.2, 0.25) is 5.28 Å². The SMILES string of the molecule is CCNc1nc(Cl)nc(Nc2c(F)c(F)cc(F)c2F)n1. The van der Waals surface area contributed by atoms with E-state index in [-0.39, 0.29) is 23.2 Å². The normalized spacial score (nSPS) is 10.6. The monoisotopic (exact) mass is 321 g/mol. The smallest absolute Gasteiger partial charge is 0.233 e. The highest BCUT2D eigenvalue weighted by molar-refractivity contribution is 6.28. The highest BCUT2D eigenvalue weighted by atomic mass is 35.5. The molecule has 0 saturated heterocycles. The van der Waals surface area contributed by atoms with Crippen LogP contribution in [0.3, 0.4) is 0 Å². The van der Waals surface area contributed by atoms with E-state index in [1.54, 1.807) is 6.92 Å². The average molecular weight is 322 g/mol. The lowest BCUT2D eigenvalue weighted by atomic mass is 10.2. The zero-order valence-corrected chi connectivity index (χ0v) is 11.3. The third-order valence-corrected chi connectivity index (χ3v) is 2.46. The maximum Gasteiger partial charge on any atom is 0.233 e. The summed E-state index contributed by atoms with van der Waals surface area (Å²) in [5.74, 6) is -6.63. The molecule has 0 amide bonds. The molecule has 0 aliphatic carbocycles. The maximum absolute atomic E-state index is 13.5. The summed E-state index contributed by atoms with van der Waals surface area (Å²) in [6.07, 6.45) is 0. The van der Waals surface area contributed by atoms with Crippen molar-refractivity contribution in [3.05, 3.63) is 34.6 Å². The lowest BCUT2D eigenvalue weighted by Crippen LogP contribution is -2.09. The van der Waals surface area contributed by atoms with Gasteiger partial charge in [-0.2, -0.15) is 15.0 Å². The summed E-state index contributed by atoms with van der Waals surface area (Å²) >= 11 is 5.62. The summed E-state index contributed by atoms with van der Waals surface area (Å²) in [4.78, 5) is 11.0. The Hall–Kier alpha value is -2.16. The maximum atomic E-state index is 13.5. The molecule has 2 rings (SSSR count). The molecule has 21 heavy (non-hydrogen) atoms. The van der Waals surface area contributed by atoms with Gasteiger partial charge in [-0.15, -0.1) is 0 Å². The Morgan fingerprint density at radius 2 is 1.57 bits per heavy atom. The predicted molar refractivity (Wildman–Crippen MR) is 68.6 cm³/mol. The first kappa shape index (κ1) is 15.2. The largest absolute Gasteiger partial charge is 0.354 e. The Morgan fingerprint density at radius 1 is 1.00 bits per heavy atom. The minimum atomic E-state index is -1.60. The van der Waals surface area contributed by atoms with E-state index in [1.165, 1.54) is 0 Å². The lowest BCUT2D eigenvalue weighted by Gasteiger charge is -2.10. The van der Waals surface area contributed by atoms with Crippen molar-refractivity contribution in [2.45, 2.75) is 6.92 Å². The first-order valence-electron chi connectivity index (χ1n) is 5.67. The third-order valence-electron chi connectivity index (χ3n) is 2.29. The van der Waals surface area contributed by atoms with E-state index in [4.69, 9.17) is 11.6 Å². The van der Waals surface area contributed by atoms with Gasteiger partial charge in [0.1, 0.15) is 5.69 Å². The molecule has 1 aromatic carbocycles. The Bertz CT molecular complexity index is 656. The van der Waals surface area contributed by atoms with Gasteiger partial charge < -0.3 is 10.6 Å². The Labute approximate surface area is 121 Å². The number of hydrogen-bond acceptors (Lipinski definition) is 5. The van der Waals surface area contributed by atoms with Crippen LogP contribution in [0.25, 0.3) is 0 Å². The quantitative estimate of drug-likeness (QED) is 0.668. The summed E-state index contributed by atoms with van der Waals surface area (Å²) in [7, 11) is 0. The predicted octanol–water partition coefficient (Wildman–Crippen LogP) is 3.26. The van der Waals surface area contributed by atoms with Crippen molar-refractivity contribution in [2.75, 3.05) is 17.2 Å². The minimum Gasteiger partial charge on any atom is -0.354 e. The molecule has 0 saturated carbocycles. The standard InChI is InChI=1S/C11H8ClF4N5/c1-2-17-10-19-9(12)20-11(21-10)18-8-6(15)4(13)3-5(14)7(8)16/h3H,2H2,1H3,(H2,17,18,19,20,21). The summed E-state index contributed by atoms with van der Waals surface area (Å²) in [6.45, 7) is 2.21. The van der Waals surface area contributed by atoms with Crippen molar-refractivity contribution in [2.24, 2.45) is 0 Å². The molecule has 1 aromatic heterocycles. The number of halogens is 5. The van der Waals surface area contributed by atoms with Gasteiger partial charge in [0, 0.05) is 12.6 Å². The van der Waals surface area contributed by atoms with E-state index in [0.717, 1.165) is 0 Å². The number of nitrogens with one attached hydrogen (secondary N) is 2. The second kappa shape index (κ2) is 6.08. The van der Waals surface area contributed by atoms with E-state index in [0.29, 0.717) is 6.54 Å². The molecule has 0 aliphatic rings. The molecule has 112 valence electrons. The van der Waals surface area contributed by atoms with Crippen LogP contribution in [0.15, 0.2) is 6.07 Å². The number of nitrogens with zero attached hydrogens (tertiary/aromatic N) is 3. The highest BCUT2D eigenvalue weighted by Crippen LogP contribution is 2.26. The lowest BCUT2D eigenvalue weighted by molar-refractivity contribution is 0.459. The van der Waals surface area contributed by atoms with Crippen LogP contribution < -0.4 is 10.6 Å². The Morgan fingerprint density at radius 3 is 2.14 bits per heavy atom. The molecule has 0 spiro atoms. The number of aromatic nitrogens is 3. The molecule has 0 atom stereocenters. The van der Waals surface area contributed by atoms with Crippen LogP contribution in [0, 0.1) is 23.3 Å². The van der Waals surface area contributed by atoms with Crippen molar-refractivity contribution < 1.29 is 17.6 Å². The number of benzene rings is 1. The molecular formula is C11H8ClF4N5. The van der Waals surface area contributed by atoms with Gasteiger partial charge in [0.15, 0.2) is 23.3 Å². The Balaban J connectivity index is 2.43. The molecule has 2 N–H and O–H groups in total. The highest BCUT2D eigenvalue weighted by Gasteiger charge is 2.20. The van der Waals surface area contributed by atoms with E-state index in [1.807, 2.05) is 5.32 Å². The van der Waals surface area contributed by atoms with Crippen LogP contribution >= 0.6 is 11.6 Å². The van der Waals surface area contributed by atoms with Gasteiger partial charge in [0.25, 0.3) is 0 Å². The van der Waals surface area contributed by atoms with Crippen molar-refractivity contribution in [1.29, 1.82) is 0 Å². The van der Waals surface area contributed by atoms with Gasteiger partial charge in [-0.1, -0.05) is 0 Å². The second-order valence-electron chi connectivity index (χ2n) is 3.75. The van der Waals surface area contributed by atoms with Crippen LogP contribution in [0.1, 0.15) is 6.92 Å². The van der Waals surface area contributed by atoms with Gasteiger partial charge in [-0.3, -0.25) is 0 Å². The average Bonchev–Trinajstić information content (AvgIpc) is 2.41. The second-order valence-corrected chi connectivity index (χ2v) is 4.09. The fourth-order valence-electron chi connectivity index (χ4n) is 1.44. The van der Waals surface area contributed by atoms with Crippen LogP contribution in [-0.2, 0) is 0 Å². The van der Waals surface area contributed by atoms with Crippen molar-refractivity contribution in [3.8, 4) is 0 Å². The summed E-state index contributed by atoms with van der Waals surface area (Å²) in [5.41, 5.74) is -1.06. The van der Waals surface area contributed by atoms with E-state index < -0.39 is 29.0 Å². The number of rotatable bonds is 4. The van der Waals surface area contributed by atoms with Crippen molar-refractivity contribution in [1.82, 2.24) is 15.0 Å². The molecule has 0 unspecified atom stereocenters. The summed E-state index contributed by atoms with van der Waals surface area (Å²) < 4.78 is 53.2. The number of anilines is 3. The zero-order chi connectivity index (χ0) is 15.6. The van der Waals surface area contributed by atoms with Gasteiger partial charge >= 0.3 is 0 Å². The fraction of sp³-hybridized carbons (Fsp3) is 0.182. The van der Waals surface area contributed by atoms with Crippen molar-refractivity contribution >= 4 is 29.2 Å². The van der Waals surface area contributed by atoms with E-state index in [9.17, 15) is 17.6 Å². The van der Waals surface area contributed by atoms with Crippen molar-refractivity contribution in [3.63, 3.8) is 0 Å². The molecule has 0 radical (unpaired) electrons. The van der Waals surface area contributed by atoms with Crippen LogP contribution in [0.5, 0.6) is 0 Å². The van der Waals surface area contributed by atoms with Crippen LogP contribution in [-0.4, -0.2) is 21.5 Å². The molecule has 5 nitrogen and oxygen atoms in total. The van der Waals surface area contributed by atoms with E-state index in [2.05, 4.69) is 20.3 Å². The van der Waals surface area contributed by atoms with Crippen LogP contribution in [0.4, 0.5) is 35.1 Å². The van der Waals surface area contributed by atoms with Gasteiger partial charge in [0.2, 0.25) is 17.2 Å². The molecule has 0 fully saturated rings. The molecule has 1 heterocycles. The van der Waals surface area contributed by atoms with Gasteiger partial charge in [-0.25, -0.2) is 17.6 Å². The molecule has 0 aliphatic heterocycles. The van der Waals surface area contributed by atoms with E-state index >= 15 is 0 Å². The van der Waals surface area contributed by atoms with Gasteiger partial charge in [0.05, 0.1) is 0 Å². The topological polar surface area (TPSA) is 62.7 Å². The molecule has 10 heteroatoms. The summed E-state index contributed by atoms with van der Waals surface area (Å²) in [5, 5.41) is 4.49. The summed E-state index contributed by atoms with van der Waals surface area (Å²) in [6, 6.07) is 0.0975. The zero-order valence-electron chi connectivity index (χ0n) is 10.5. The minimum absolute atomic E-state index is 0.0395. The molecule has 2 aromatic rings. The Kier molecular flexibility index (Phi) is 4.41. The molecular weight excluding hydrogens is 314 g/mol. The first-order valence-corrected chi connectivity index (χ1v) is 6.05. The number of hydrogen-bond donors (Lipinski definition) is 2. The third kappa shape index (κ3) is 3.30. The first-order chi connectivity index (χ1) is 9.92. The van der Waals surface area contributed by atoms with Gasteiger partial charge in [-0.05, 0) is 18.5 Å². The fourth-order valence-corrected chi connectivity index (χ4v) is 1.60. The molecule has 0 bridgehead atoms.